The monoisotopic (exact) mass is 252 g/mol. The topological polar surface area (TPSA) is 64.2 Å². The first kappa shape index (κ1) is 14.7. The Balaban J connectivity index is 2.83. The van der Waals surface area contributed by atoms with Crippen LogP contribution < -0.4 is 16.2 Å². The minimum Gasteiger partial charge on any atom is -0.371 e. The predicted molar refractivity (Wildman–Crippen MR) is 74.9 cm³/mol. The molecule has 0 saturated carbocycles. The highest BCUT2D eigenvalue weighted by Crippen LogP contribution is 2.08. The van der Waals surface area contributed by atoms with Crippen LogP contribution in [0.2, 0.25) is 0 Å². The van der Waals surface area contributed by atoms with Gasteiger partial charge in [0.15, 0.2) is 0 Å². The summed E-state index contributed by atoms with van der Waals surface area (Å²) < 4.78 is 1.45. The SMILES string of the molecule is CCCC(N)Cn1ncc(N(CC)CC)cc1=O. The minimum atomic E-state index is -0.0778. The molecule has 5 nitrogen and oxygen atoms in total. The van der Waals surface area contributed by atoms with Crippen LogP contribution in [-0.2, 0) is 6.54 Å². The first-order valence-electron chi connectivity index (χ1n) is 6.70. The van der Waals surface area contributed by atoms with E-state index in [1.54, 1.807) is 12.3 Å². The number of aromatic nitrogens is 2. The van der Waals surface area contributed by atoms with Crippen molar-refractivity contribution in [3.05, 3.63) is 22.6 Å². The maximum Gasteiger partial charge on any atom is 0.268 e. The zero-order valence-corrected chi connectivity index (χ0v) is 11.6. The Kier molecular flexibility index (Phi) is 5.85. The summed E-state index contributed by atoms with van der Waals surface area (Å²) in [6, 6.07) is 1.64. The molecule has 5 heteroatoms. The molecule has 102 valence electrons. The van der Waals surface area contributed by atoms with Gasteiger partial charge in [-0.2, -0.15) is 5.10 Å². The van der Waals surface area contributed by atoms with Gasteiger partial charge in [-0.1, -0.05) is 13.3 Å². The highest BCUT2D eigenvalue weighted by atomic mass is 16.1. The molecule has 18 heavy (non-hydrogen) atoms. The molecule has 0 spiro atoms. The molecule has 0 amide bonds. The summed E-state index contributed by atoms with van der Waals surface area (Å²) in [6.45, 7) is 8.44. The lowest BCUT2D eigenvalue weighted by atomic mass is 10.2. The van der Waals surface area contributed by atoms with E-state index in [1.807, 2.05) is 0 Å². The molecule has 0 saturated heterocycles. The van der Waals surface area contributed by atoms with Gasteiger partial charge in [0.25, 0.3) is 5.56 Å². The molecule has 0 bridgehead atoms. The van der Waals surface area contributed by atoms with E-state index in [0.29, 0.717) is 6.54 Å². The van der Waals surface area contributed by atoms with Gasteiger partial charge in [-0.25, -0.2) is 4.68 Å². The molecule has 1 atom stereocenters. The summed E-state index contributed by atoms with van der Waals surface area (Å²) in [5, 5.41) is 4.20. The second kappa shape index (κ2) is 7.16. The first-order chi connectivity index (χ1) is 8.62. The summed E-state index contributed by atoms with van der Waals surface area (Å²) in [5.74, 6) is 0. The van der Waals surface area contributed by atoms with Crippen molar-refractivity contribution in [1.82, 2.24) is 9.78 Å². The lowest BCUT2D eigenvalue weighted by Gasteiger charge is -2.20. The summed E-state index contributed by atoms with van der Waals surface area (Å²) >= 11 is 0. The van der Waals surface area contributed by atoms with Crippen molar-refractivity contribution in [3.63, 3.8) is 0 Å². The van der Waals surface area contributed by atoms with Crippen molar-refractivity contribution in [2.24, 2.45) is 5.73 Å². The molecule has 1 heterocycles. The number of nitrogens with two attached hydrogens (primary N) is 1. The van der Waals surface area contributed by atoms with Crippen molar-refractivity contribution in [3.8, 4) is 0 Å². The van der Waals surface area contributed by atoms with Gasteiger partial charge in [0.1, 0.15) is 0 Å². The largest absolute Gasteiger partial charge is 0.371 e. The number of hydrogen-bond acceptors (Lipinski definition) is 4. The van der Waals surface area contributed by atoms with E-state index < -0.39 is 0 Å². The maximum atomic E-state index is 11.9. The molecule has 0 aliphatic heterocycles. The van der Waals surface area contributed by atoms with E-state index in [0.717, 1.165) is 31.6 Å². The third-order valence-electron chi connectivity index (χ3n) is 3.05. The van der Waals surface area contributed by atoms with Crippen molar-refractivity contribution in [2.45, 2.75) is 46.2 Å². The molecule has 0 fully saturated rings. The van der Waals surface area contributed by atoms with E-state index in [-0.39, 0.29) is 11.6 Å². The zero-order valence-electron chi connectivity index (χ0n) is 11.6. The van der Waals surface area contributed by atoms with Crippen LogP contribution in [0, 0.1) is 0 Å². The van der Waals surface area contributed by atoms with Gasteiger partial charge in [0.05, 0.1) is 18.4 Å². The van der Waals surface area contributed by atoms with Gasteiger partial charge >= 0.3 is 0 Å². The fourth-order valence-corrected chi connectivity index (χ4v) is 2.01. The standard InChI is InChI=1S/C13H24N4O/c1-4-7-11(14)10-17-13(18)8-12(9-15-17)16(5-2)6-3/h8-9,11H,4-7,10,14H2,1-3H3. The van der Waals surface area contributed by atoms with Crippen molar-refractivity contribution in [2.75, 3.05) is 18.0 Å². The summed E-state index contributed by atoms with van der Waals surface area (Å²) in [5.41, 5.74) is 6.73. The van der Waals surface area contributed by atoms with E-state index in [1.165, 1.54) is 4.68 Å². The molecular formula is C13H24N4O. The lowest BCUT2D eigenvalue weighted by molar-refractivity contribution is 0.465. The normalized spacial score (nSPS) is 12.4. The van der Waals surface area contributed by atoms with Crippen LogP contribution in [-0.4, -0.2) is 28.9 Å². The minimum absolute atomic E-state index is 0.000460. The van der Waals surface area contributed by atoms with Crippen LogP contribution in [0.5, 0.6) is 0 Å². The second-order valence-corrected chi connectivity index (χ2v) is 4.46. The highest BCUT2D eigenvalue weighted by molar-refractivity contribution is 5.42. The van der Waals surface area contributed by atoms with E-state index in [2.05, 4.69) is 30.8 Å². The molecule has 0 aromatic carbocycles. The molecular weight excluding hydrogens is 228 g/mol. The predicted octanol–water partition coefficient (Wildman–Crippen LogP) is 1.22. The Morgan fingerprint density at radius 1 is 1.39 bits per heavy atom. The fraction of sp³-hybridized carbons (Fsp3) is 0.692. The molecule has 2 N–H and O–H groups in total. The molecule has 0 aliphatic rings. The quantitative estimate of drug-likeness (QED) is 0.792. The highest BCUT2D eigenvalue weighted by Gasteiger charge is 2.08. The van der Waals surface area contributed by atoms with Gasteiger partial charge in [-0.15, -0.1) is 0 Å². The lowest BCUT2D eigenvalue weighted by Crippen LogP contribution is -2.34. The molecule has 1 aromatic heterocycles. The molecule has 0 radical (unpaired) electrons. The van der Waals surface area contributed by atoms with Crippen molar-refractivity contribution >= 4 is 5.69 Å². The van der Waals surface area contributed by atoms with Crippen LogP contribution in [0.15, 0.2) is 17.1 Å². The van der Waals surface area contributed by atoms with Gasteiger partial charge in [-0.05, 0) is 20.3 Å². The zero-order chi connectivity index (χ0) is 13.5. The second-order valence-electron chi connectivity index (χ2n) is 4.46. The van der Waals surface area contributed by atoms with Gasteiger partial charge in [0.2, 0.25) is 0 Å². The molecule has 1 unspecified atom stereocenters. The van der Waals surface area contributed by atoms with E-state index in [4.69, 9.17) is 5.73 Å². The van der Waals surface area contributed by atoms with Crippen molar-refractivity contribution in [1.29, 1.82) is 0 Å². The number of hydrogen-bond donors (Lipinski definition) is 1. The third kappa shape index (κ3) is 3.84. The molecule has 0 aliphatic carbocycles. The summed E-state index contributed by atoms with van der Waals surface area (Å²) in [4.78, 5) is 14.0. The average molecular weight is 252 g/mol. The summed E-state index contributed by atoms with van der Waals surface area (Å²) in [6.07, 6.45) is 3.67. The molecule has 1 rings (SSSR count). The van der Waals surface area contributed by atoms with E-state index in [9.17, 15) is 4.79 Å². The van der Waals surface area contributed by atoms with E-state index >= 15 is 0 Å². The number of nitrogens with zero attached hydrogens (tertiary/aromatic N) is 3. The maximum absolute atomic E-state index is 11.9. The van der Waals surface area contributed by atoms with Gasteiger partial charge < -0.3 is 10.6 Å². The Morgan fingerprint density at radius 3 is 2.56 bits per heavy atom. The average Bonchev–Trinajstić information content (AvgIpc) is 2.34. The fourth-order valence-electron chi connectivity index (χ4n) is 2.01. The number of rotatable bonds is 7. The number of anilines is 1. The first-order valence-corrected chi connectivity index (χ1v) is 6.70. The van der Waals surface area contributed by atoms with Crippen LogP contribution in [0.1, 0.15) is 33.6 Å². The Hall–Kier alpha value is -1.36. The Bertz CT molecular complexity index is 412. The van der Waals surface area contributed by atoms with Gasteiger partial charge in [0, 0.05) is 25.2 Å². The van der Waals surface area contributed by atoms with Crippen LogP contribution in [0.3, 0.4) is 0 Å². The Morgan fingerprint density at radius 2 is 2.06 bits per heavy atom. The van der Waals surface area contributed by atoms with Gasteiger partial charge in [-0.3, -0.25) is 4.79 Å². The smallest absolute Gasteiger partial charge is 0.268 e. The van der Waals surface area contributed by atoms with Crippen LogP contribution in [0.4, 0.5) is 5.69 Å². The Labute approximate surface area is 109 Å². The van der Waals surface area contributed by atoms with Crippen molar-refractivity contribution < 1.29 is 0 Å². The summed E-state index contributed by atoms with van der Waals surface area (Å²) in [7, 11) is 0. The third-order valence-corrected chi connectivity index (χ3v) is 3.05. The molecule has 1 aromatic rings. The van der Waals surface area contributed by atoms with Crippen LogP contribution in [0.25, 0.3) is 0 Å². The van der Waals surface area contributed by atoms with Crippen LogP contribution >= 0.6 is 0 Å².